The zero-order valence-electron chi connectivity index (χ0n) is 6.57. The molecule has 0 saturated heterocycles. The molecule has 0 fully saturated rings. The fourth-order valence-electron chi connectivity index (χ4n) is 0.468. The van der Waals surface area contributed by atoms with Crippen LogP contribution in [0, 0.1) is 0 Å². The molecule has 11 heavy (non-hydrogen) atoms. The fraction of sp³-hybridized carbons (Fsp3) is 0.222. The van der Waals surface area contributed by atoms with E-state index >= 15 is 0 Å². The number of carbonyl (C=O) groups is 1. The van der Waals surface area contributed by atoms with Crippen molar-refractivity contribution >= 4 is 6.47 Å². The Labute approximate surface area is 66.9 Å². The van der Waals surface area contributed by atoms with Crippen LogP contribution in [0.25, 0.3) is 0 Å². The summed E-state index contributed by atoms with van der Waals surface area (Å²) in [7, 11) is 0. The average Bonchev–Trinajstić information content (AvgIpc) is 2.03. The third kappa shape index (κ3) is 8.69. The van der Waals surface area contributed by atoms with Crippen LogP contribution in [0.3, 0.4) is 0 Å². The fourth-order valence-corrected chi connectivity index (χ4v) is 0.468. The highest BCUT2D eigenvalue weighted by Crippen LogP contribution is 1.80. The molecule has 0 atom stereocenters. The number of allylic oxidation sites excluding steroid dienone is 5. The van der Waals surface area contributed by atoms with E-state index in [9.17, 15) is 4.79 Å². The van der Waals surface area contributed by atoms with Gasteiger partial charge in [0.05, 0.1) is 0 Å². The van der Waals surface area contributed by atoms with Crippen molar-refractivity contribution in [1.82, 2.24) is 0 Å². The largest absolute Gasteiger partial charge is 0.464 e. The summed E-state index contributed by atoms with van der Waals surface area (Å²) in [5, 5.41) is 0. The molecule has 0 aromatic heterocycles. The van der Waals surface area contributed by atoms with Gasteiger partial charge in [-0.1, -0.05) is 30.4 Å². The normalized spacial score (nSPS) is 11.7. The molecule has 0 aliphatic heterocycles. The lowest BCUT2D eigenvalue weighted by Crippen LogP contribution is -1.84. The van der Waals surface area contributed by atoms with Crippen molar-refractivity contribution in [2.24, 2.45) is 0 Å². The molecule has 0 aromatic rings. The summed E-state index contributed by atoms with van der Waals surface area (Å²) in [6.07, 6.45) is 11.2. The van der Waals surface area contributed by atoms with Gasteiger partial charge in [-0.2, -0.15) is 0 Å². The molecule has 0 rings (SSSR count). The van der Waals surface area contributed by atoms with E-state index in [1.54, 1.807) is 6.08 Å². The number of hydrogen-bond donors (Lipinski definition) is 0. The smallest absolute Gasteiger partial charge is 0.293 e. The van der Waals surface area contributed by atoms with Gasteiger partial charge in [0.25, 0.3) is 6.47 Å². The highest BCUT2D eigenvalue weighted by Gasteiger charge is 1.70. The van der Waals surface area contributed by atoms with E-state index in [1.807, 2.05) is 37.3 Å². The quantitative estimate of drug-likeness (QED) is 0.341. The number of rotatable bonds is 5. The molecule has 0 bridgehead atoms. The minimum absolute atomic E-state index is 0.337. The van der Waals surface area contributed by atoms with Crippen molar-refractivity contribution in [2.45, 2.75) is 6.92 Å². The van der Waals surface area contributed by atoms with E-state index in [4.69, 9.17) is 0 Å². The molecular weight excluding hydrogens is 140 g/mol. The van der Waals surface area contributed by atoms with E-state index in [1.165, 1.54) is 0 Å². The maximum absolute atomic E-state index is 9.65. The minimum atomic E-state index is 0.337. The molecule has 0 aliphatic carbocycles. The molecule has 2 heteroatoms. The van der Waals surface area contributed by atoms with Crippen LogP contribution >= 0.6 is 0 Å². The first-order valence-electron chi connectivity index (χ1n) is 3.41. The van der Waals surface area contributed by atoms with Gasteiger partial charge >= 0.3 is 0 Å². The zero-order valence-corrected chi connectivity index (χ0v) is 6.57. The monoisotopic (exact) mass is 152 g/mol. The number of hydrogen-bond acceptors (Lipinski definition) is 2. The van der Waals surface area contributed by atoms with Crippen molar-refractivity contribution in [1.29, 1.82) is 0 Å². The van der Waals surface area contributed by atoms with Gasteiger partial charge in [-0.05, 0) is 13.0 Å². The molecule has 0 heterocycles. The Morgan fingerprint density at radius 2 is 1.91 bits per heavy atom. The van der Waals surface area contributed by atoms with Crippen molar-refractivity contribution in [2.75, 3.05) is 6.61 Å². The Balaban J connectivity index is 3.35. The highest BCUT2D eigenvalue weighted by molar-refractivity contribution is 5.37. The van der Waals surface area contributed by atoms with Gasteiger partial charge in [-0.3, -0.25) is 4.79 Å². The molecule has 60 valence electrons. The summed E-state index contributed by atoms with van der Waals surface area (Å²) >= 11 is 0. The van der Waals surface area contributed by atoms with E-state index in [0.29, 0.717) is 13.1 Å². The predicted octanol–water partition coefficient (Wildman–Crippen LogP) is 1.85. The maximum atomic E-state index is 9.65. The first-order chi connectivity index (χ1) is 5.41. The minimum Gasteiger partial charge on any atom is -0.464 e. The SMILES string of the molecule is C\C=C/C=C\C=C\COC=O. The predicted molar refractivity (Wildman–Crippen MR) is 45.1 cm³/mol. The first kappa shape index (κ1) is 9.69. The van der Waals surface area contributed by atoms with Crippen LogP contribution in [-0.2, 0) is 9.53 Å². The van der Waals surface area contributed by atoms with E-state index in [0.717, 1.165) is 0 Å². The number of carbonyl (C=O) groups excluding carboxylic acids is 1. The van der Waals surface area contributed by atoms with Crippen LogP contribution in [0.2, 0.25) is 0 Å². The van der Waals surface area contributed by atoms with Gasteiger partial charge in [0.2, 0.25) is 0 Å². The van der Waals surface area contributed by atoms with Crippen LogP contribution in [-0.4, -0.2) is 13.1 Å². The van der Waals surface area contributed by atoms with Crippen LogP contribution in [0.5, 0.6) is 0 Å². The lowest BCUT2D eigenvalue weighted by molar-refractivity contribution is -0.127. The molecule has 0 N–H and O–H groups in total. The maximum Gasteiger partial charge on any atom is 0.293 e. The van der Waals surface area contributed by atoms with Gasteiger partial charge in [0, 0.05) is 0 Å². The summed E-state index contributed by atoms with van der Waals surface area (Å²) in [5.74, 6) is 0. The Bertz CT molecular complexity index is 166. The molecule has 0 saturated carbocycles. The van der Waals surface area contributed by atoms with Crippen molar-refractivity contribution in [3.63, 3.8) is 0 Å². The van der Waals surface area contributed by atoms with Gasteiger partial charge in [-0.25, -0.2) is 0 Å². The van der Waals surface area contributed by atoms with Crippen LogP contribution < -0.4 is 0 Å². The van der Waals surface area contributed by atoms with E-state index in [2.05, 4.69) is 4.74 Å². The second-order valence-electron chi connectivity index (χ2n) is 1.77. The second kappa shape index (κ2) is 8.69. The molecule has 2 nitrogen and oxygen atoms in total. The van der Waals surface area contributed by atoms with E-state index in [-0.39, 0.29) is 0 Å². The third-order valence-corrected chi connectivity index (χ3v) is 0.922. The van der Waals surface area contributed by atoms with Crippen molar-refractivity contribution < 1.29 is 9.53 Å². The lowest BCUT2D eigenvalue weighted by Gasteiger charge is -1.85. The summed E-state index contributed by atoms with van der Waals surface area (Å²) in [5.41, 5.74) is 0. The molecule has 0 amide bonds. The molecule has 0 aromatic carbocycles. The van der Waals surface area contributed by atoms with Gasteiger partial charge in [0.1, 0.15) is 6.61 Å². The van der Waals surface area contributed by atoms with E-state index < -0.39 is 0 Å². The molecule has 0 aliphatic rings. The Morgan fingerprint density at radius 3 is 2.55 bits per heavy atom. The molecule has 0 unspecified atom stereocenters. The topological polar surface area (TPSA) is 26.3 Å². The Morgan fingerprint density at radius 1 is 1.18 bits per heavy atom. The summed E-state index contributed by atoms with van der Waals surface area (Å²) in [4.78, 5) is 9.65. The standard InChI is InChI=1S/C9H12O2/c1-2-3-4-5-6-7-8-11-9-10/h2-7,9H,8H2,1H3/b3-2-,5-4-,7-6+. The Hall–Kier alpha value is -1.31. The summed E-state index contributed by atoms with van der Waals surface area (Å²) in [6, 6.07) is 0. The van der Waals surface area contributed by atoms with Crippen LogP contribution in [0.1, 0.15) is 6.92 Å². The number of ether oxygens (including phenoxy) is 1. The third-order valence-electron chi connectivity index (χ3n) is 0.922. The lowest BCUT2D eigenvalue weighted by atomic mass is 10.4. The van der Waals surface area contributed by atoms with Gasteiger partial charge < -0.3 is 4.74 Å². The van der Waals surface area contributed by atoms with Crippen LogP contribution in [0.15, 0.2) is 36.5 Å². The molecular formula is C9H12O2. The average molecular weight is 152 g/mol. The zero-order chi connectivity index (χ0) is 8.36. The van der Waals surface area contributed by atoms with Crippen molar-refractivity contribution in [3.05, 3.63) is 36.5 Å². The van der Waals surface area contributed by atoms with Crippen molar-refractivity contribution in [3.8, 4) is 0 Å². The van der Waals surface area contributed by atoms with Crippen LogP contribution in [0.4, 0.5) is 0 Å². The summed E-state index contributed by atoms with van der Waals surface area (Å²) < 4.78 is 4.42. The highest BCUT2D eigenvalue weighted by atomic mass is 16.5. The first-order valence-corrected chi connectivity index (χ1v) is 3.41. The molecule has 0 radical (unpaired) electrons. The summed E-state index contributed by atoms with van der Waals surface area (Å²) in [6.45, 7) is 2.72. The Kier molecular flexibility index (Phi) is 7.66. The van der Waals surface area contributed by atoms with Gasteiger partial charge in [-0.15, -0.1) is 0 Å². The molecule has 0 spiro atoms. The second-order valence-corrected chi connectivity index (χ2v) is 1.77. The van der Waals surface area contributed by atoms with Gasteiger partial charge in [0.15, 0.2) is 0 Å².